The zero-order valence-corrected chi connectivity index (χ0v) is 8.53. The average molecular weight is 179 g/mol. The van der Waals surface area contributed by atoms with E-state index in [0.29, 0.717) is 0 Å². The molecule has 1 atom stereocenters. The molecule has 2 heteroatoms. The van der Waals surface area contributed by atoms with Gasteiger partial charge in [0.1, 0.15) is 5.04 Å². The molecule has 0 aromatic carbocycles. The second-order valence-corrected chi connectivity index (χ2v) is 3.44. The molecule has 1 unspecified atom stereocenters. The Kier molecular flexibility index (Phi) is 6.34. The lowest BCUT2D eigenvalue weighted by Gasteiger charge is -1.99. The Hall–Kier alpha value is -0.860. The SMILES string of the molecule is C#CC(C)SC(C#CCC)=NC. The Balaban J connectivity index is 4.13. The number of nitrogens with zero attached hydrogens (tertiary/aromatic N) is 1. The molecule has 1 nitrogen and oxygen atoms in total. The zero-order chi connectivity index (χ0) is 9.40. The topological polar surface area (TPSA) is 12.4 Å². The smallest absolute Gasteiger partial charge is 0.142 e. The molecule has 0 bridgehead atoms. The number of hydrogen-bond donors (Lipinski definition) is 0. The maximum atomic E-state index is 5.23. The molecule has 0 radical (unpaired) electrons. The van der Waals surface area contributed by atoms with Gasteiger partial charge in [0.05, 0.1) is 5.25 Å². The summed E-state index contributed by atoms with van der Waals surface area (Å²) in [5, 5.41) is 0.970. The summed E-state index contributed by atoms with van der Waals surface area (Å²) in [6, 6.07) is 0. The fourth-order valence-corrected chi connectivity index (χ4v) is 1.14. The van der Waals surface area contributed by atoms with Gasteiger partial charge in [-0.2, -0.15) is 0 Å². The molecular weight excluding hydrogens is 166 g/mol. The highest BCUT2D eigenvalue weighted by Gasteiger charge is 2.00. The standard InChI is InChI=1S/C10H13NS/c1-5-7-8-10(11-4)12-9(3)6-2/h2,9H,5H2,1,3-4H3. The highest BCUT2D eigenvalue weighted by molar-refractivity contribution is 8.15. The normalized spacial score (nSPS) is 12.7. The third-order valence-corrected chi connectivity index (χ3v) is 2.10. The molecule has 0 aliphatic carbocycles. The van der Waals surface area contributed by atoms with Crippen LogP contribution in [-0.2, 0) is 0 Å². The number of aliphatic imine (C=N–C) groups is 1. The second-order valence-electron chi connectivity index (χ2n) is 2.11. The summed E-state index contributed by atoms with van der Waals surface area (Å²) < 4.78 is 0. The molecule has 0 rings (SSSR count). The first-order chi connectivity index (χ1) is 5.74. The van der Waals surface area contributed by atoms with Crippen molar-refractivity contribution in [3.63, 3.8) is 0 Å². The Morgan fingerprint density at radius 2 is 2.33 bits per heavy atom. The van der Waals surface area contributed by atoms with Gasteiger partial charge >= 0.3 is 0 Å². The van der Waals surface area contributed by atoms with Crippen LogP contribution in [0.15, 0.2) is 4.99 Å². The van der Waals surface area contributed by atoms with Gasteiger partial charge in [0.2, 0.25) is 0 Å². The van der Waals surface area contributed by atoms with Crippen molar-refractivity contribution in [2.75, 3.05) is 7.05 Å². The van der Waals surface area contributed by atoms with Gasteiger partial charge < -0.3 is 0 Å². The second kappa shape index (κ2) is 6.83. The first-order valence-corrected chi connectivity index (χ1v) is 4.71. The molecule has 0 fully saturated rings. The molecule has 0 aromatic heterocycles. The highest BCUT2D eigenvalue weighted by Crippen LogP contribution is 2.10. The zero-order valence-electron chi connectivity index (χ0n) is 7.72. The van der Waals surface area contributed by atoms with E-state index in [1.807, 2.05) is 13.8 Å². The van der Waals surface area contributed by atoms with Crippen molar-refractivity contribution in [3.8, 4) is 24.2 Å². The monoisotopic (exact) mass is 179 g/mol. The lowest BCUT2D eigenvalue weighted by Crippen LogP contribution is -1.97. The van der Waals surface area contributed by atoms with Crippen LogP contribution in [-0.4, -0.2) is 17.3 Å². The van der Waals surface area contributed by atoms with E-state index in [4.69, 9.17) is 6.42 Å². The lowest BCUT2D eigenvalue weighted by atomic mass is 10.5. The van der Waals surface area contributed by atoms with Crippen molar-refractivity contribution in [3.05, 3.63) is 0 Å². The Morgan fingerprint density at radius 3 is 2.75 bits per heavy atom. The van der Waals surface area contributed by atoms with Gasteiger partial charge in [-0.1, -0.05) is 30.5 Å². The van der Waals surface area contributed by atoms with Gasteiger partial charge in [0, 0.05) is 13.5 Å². The van der Waals surface area contributed by atoms with Gasteiger partial charge in [-0.3, -0.25) is 4.99 Å². The summed E-state index contributed by atoms with van der Waals surface area (Å²) in [5.41, 5.74) is 0. The summed E-state index contributed by atoms with van der Waals surface area (Å²) in [6.45, 7) is 3.97. The van der Waals surface area contributed by atoms with Crippen molar-refractivity contribution < 1.29 is 0 Å². The van der Waals surface area contributed by atoms with Crippen molar-refractivity contribution in [2.24, 2.45) is 4.99 Å². The van der Waals surface area contributed by atoms with Crippen LogP contribution < -0.4 is 0 Å². The first kappa shape index (κ1) is 11.1. The van der Waals surface area contributed by atoms with Crippen molar-refractivity contribution in [1.29, 1.82) is 0 Å². The molecule has 0 amide bonds. The Morgan fingerprint density at radius 1 is 1.67 bits per heavy atom. The van der Waals surface area contributed by atoms with E-state index < -0.39 is 0 Å². The molecule has 0 saturated heterocycles. The Bertz CT molecular complexity index is 249. The molecule has 0 aromatic rings. The quantitative estimate of drug-likeness (QED) is 0.341. The summed E-state index contributed by atoms with van der Waals surface area (Å²) in [7, 11) is 1.73. The van der Waals surface area contributed by atoms with E-state index in [1.165, 1.54) is 11.8 Å². The minimum absolute atomic E-state index is 0.148. The van der Waals surface area contributed by atoms with E-state index in [0.717, 1.165) is 11.5 Å². The van der Waals surface area contributed by atoms with E-state index in [2.05, 4.69) is 22.8 Å². The van der Waals surface area contributed by atoms with Crippen LogP contribution in [0.5, 0.6) is 0 Å². The summed E-state index contributed by atoms with van der Waals surface area (Å²) in [6.07, 6.45) is 6.08. The van der Waals surface area contributed by atoms with Gasteiger partial charge in [-0.05, 0) is 12.8 Å². The molecule has 12 heavy (non-hydrogen) atoms. The van der Waals surface area contributed by atoms with Crippen LogP contribution in [0.3, 0.4) is 0 Å². The van der Waals surface area contributed by atoms with E-state index in [-0.39, 0.29) is 5.25 Å². The minimum atomic E-state index is 0.148. The third kappa shape index (κ3) is 4.88. The molecule has 0 N–H and O–H groups in total. The predicted molar refractivity (Wildman–Crippen MR) is 57.3 cm³/mol. The van der Waals surface area contributed by atoms with E-state index in [1.54, 1.807) is 7.05 Å². The molecule has 0 saturated carbocycles. The minimum Gasteiger partial charge on any atom is -0.273 e. The van der Waals surface area contributed by atoms with Crippen molar-refractivity contribution >= 4 is 16.8 Å². The lowest BCUT2D eigenvalue weighted by molar-refractivity contribution is 1.28. The van der Waals surface area contributed by atoms with Gasteiger partial charge in [-0.15, -0.1) is 6.42 Å². The van der Waals surface area contributed by atoms with Crippen molar-refractivity contribution in [1.82, 2.24) is 0 Å². The van der Waals surface area contributed by atoms with Crippen molar-refractivity contribution in [2.45, 2.75) is 25.5 Å². The van der Waals surface area contributed by atoms with Crippen LogP contribution >= 0.6 is 11.8 Å². The third-order valence-electron chi connectivity index (χ3n) is 1.10. The summed E-state index contributed by atoms with van der Waals surface area (Å²) in [5.74, 6) is 8.53. The molecule has 0 heterocycles. The molecule has 0 aliphatic rings. The Labute approximate surface area is 79.0 Å². The molecular formula is C10H13NS. The van der Waals surface area contributed by atoms with Crippen LogP contribution in [0.4, 0.5) is 0 Å². The maximum absolute atomic E-state index is 5.23. The largest absolute Gasteiger partial charge is 0.273 e. The van der Waals surface area contributed by atoms with E-state index in [9.17, 15) is 0 Å². The fraction of sp³-hybridized carbons (Fsp3) is 0.500. The average Bonchev–Trinajstić information content (AvgIpc) is 2.11. The van der Waals surface area contributed by atoms with Gasteiger partial charge in [0.15, 0.2) is 0 Å². The van der Waals surface area contributed by atoms with E-state index >= 15 is 0 Å². The first-order valence-electron chi connectivity index (χ1n) is 3.83. The molecule has 64 valence electrons. The van der Waals surface area contributed by atoms with Crippen LogP contribution in [0.25, 0.3) is 0 Å². The number of hydrogen-bond acceptors (Lipinski definition) is 2. The maximum Gasteiger partial charge on any atom is 0.142 e. The van der Waals surface area contributed by atoms with Crippen LogP contribution in [0.2, 0.25) is 0 Å². The number of rotatable bonds is 1. The highest BCUT2D eigenvalue weighted by atomic mass is 32.2. The van der Waals surface area contributed by atoms with Crippen LogP contribution in [0, 0.1) is 24.2 Å². The van der Waals surface area contributed by atoms with Gasteiger partial charge in [0.25, 0.3) is 0 Å². The predicted octanol–water partition coefficient (Wildman–Crippen LogP) is 2.18. The number of terminal acetylenes is 1. The summed E-state index contributed by atoms with van der Waals surface area (Å²) in [4.78, 5) is 4.02. The summed E-state index contributed by atoms with van der Waals surface area (Å²) >= 11 is 1.52. The molecule has 0 spiro atoms. The molecule has 0 aliphatic heterocycles. The van der Waals surface area contributed by atoms with Crippen LogP contribution in [0.1, 0.15) is 20.3 Å². The fourth-order valence-electron chi connectivity index (χ4n) is 0.504. The van der Waals surface area contributed by atoms with Gasteiger partial charge in [-0.25, -0.2) is 0 Å². The number of thioether (sulfide) groups is 1.